The number of para-hydroxylation sites is 1. The average Bonchev–Trinajstić information content (AvgIpc) is 2.96. The summed E-state index contributed by atoms with van der Waals surface area (Å²) in [6.45, 7) is 11.3. The van der Waals surface area contributed by atoms with Crippen LogP contribution in [-0.2, 0) is 20.1 Å². The molecular formula is C18H14IrN3-. The molecule has 1 radical (unpaired) electrons. The second-order valence-corrected chi connectivity index (χ2v) is 4.93. The summed E-state index contributed by atoms with van der Waals surface area (Å²) in [5, 5.41) is 0. The second kappa shape index (κ2) is 6.70. The third-order valence-electron chi connectivity index (χ3n) is 3.48. The molecule has 0 saturated carbocycles. The Morgan fingerprint density at radius 1 is 1.18 bits per heavy atom. The van der Waals surface area contributed by atoms with E-state index in [-0.39, 0.29) is 20.1 Å². The van der Waals surface area contributed by atoms with E-state index in [4.69, 9.17) is 6.57 Å². The van der Waals surface area contributed by atoms with Crippen molar-refractivity contribution in [3.63, 3.8) is 0 Å². The van der Waals surface area contributed by atoms with Gasteiger partial charge in [0.2, 0.25) is 0 Å². The largest absolute Gasteiger partial charge is 0.340 e. The van der Waals surface area contributed by atoms with Crippen molar-refractivity contribution in [3.05, 3.63) is 77.4 Å². The molecule has 0 aliphatic rings. The fourth-order valence-electron chi connectivity index (χ4n) is 2.52. The van der Waals surface area contributed by atoms with Crippen LogP contribution in [0, 0.1) is 26.5 Å². The average molecular weight is 465 g/mol. The summed E-state index contributed by atoms with van der Waals surface area (Å²) in [4.78, 5) is 7.92. The Bertz CT molecular complexity index is 823. The molecule has 1 heterocycles. The Hall–Kier alpha value is -2.21. The molecule has 3 nitrogen and oxygen atoms in total. The first-order valence-corrected chi connectivity index (χ1v) is 6.70. The Labute approximate surface area is 143 Å². The van der Waals surface area contributed by atoms with Crippen molar-refractivity contribution in [1.29, 1.82) is 0 Å². The molecule has 1 aromatic heterocycles. The van der Waals surface area contributed by atoms with Crippen LogP contribution in [0.3, 0.4) is 0 Å². The molecular weight excluding hydrogens is 450 g/mol. The molecule has 0 aliphatic carbocycles. The molecule has 3 aromatic rings. The molecule has 0 amide bonds. The summed E-state index contributed by atoms with van der Waals surface area (Å²) in [6.07, 6.45) is 3.72. The molecule has 22 heavy (non-hydrogen) atoms. The van der Waals surface area contributed by atoms with Crippen LogP contribution in [0.15, 0.2) is 48.8 Å². The molecule has 0 saturated heterocycles. The minimum Gasteiger partial charge on any atom is -0.340 e. The van der Waals surface area contributed by atoms with Crippen molar-refractivity contribution < 1.29 is 20.1 Å². The third kappa shape index (κ3) is 2.87. The normalized spacial score (nSPS) is 9.86. The molecule has 0 fully saturated rings. The van der Waals surface area contributed by atoms with Gasteiger partial charge in [0.25, 0.3) is 0 Å². The van der Waals surface area contributed by atoms with Gasteiger partial charge < -0.3 is 4.57 Å². The van der Waals surface area contributed by atoms with Gasteiger partial charge in [0.05, 0.1) is 12.4 Å². The van der Waals surface area contributed by atoms with Crippen molar-refractivity contribution in [2.75, 3.05) is 0 Å². The van der Waals surface area contributed by atoms with E-state index in [1.807, 2.05) is 12.3 Å². The van der Waals surface area contributed by atoms with Gasteiger partial charge in [-0.05, 0) is 25.0 Å². The van der Waals surface area contributed by atoms with E-state index < -0.39 is 0 Å². The van der Waals surface area contributed by atoms with Crippen LogP contribution < -0.4 is 0 Å². The standard InChI is InChI=1S/C18H14N3.Ir/c1-13-6-4-7-14(2)17(13)21-11-10-20-18(21)15-8-5-9-16(12-15)19-3;/h4-7,9-12H,1-2H3;/q-1;. The van der Waals surface area contributed by atoms with Gasteiger partial charge in [0.15, 0.2) is 0 Å². The molecule has 0 aliphatic heterocycles. The molecule has 3 rings (SSSR count). The minimum atomic E-state index is 0. The van der Waals surface area contributed by atoms with Crippen LogP contribution >= 0.6 is 0 Å². The van der Waals surface area contributed by atoms with Crippen LogP contribution in [0.1, 0.15) is 11.1 Å². The zero-order chi connectivity index (χ0) is 14.8. The number of aromatic nitrogens is 2. The second-order valence-electron chi connectivity index (χ2n) is 4.93. The fraction of sp³-hybridized carbons (Fsp3) is 0.111. The molecule has 0 unspecified atom stereocenters. The van der Waals surface area contributed by atoms with Crippen molar-refractivity contribution >= 4 is 5.69 Å². The van der Waals surface area contributed by atoms with E-state index in [0.717, 1.165) is 17.1 Å². The topological polar surface area (TPSA) is 22.2 Å². The van der Waals surface area contributed by atoms with Gasteiger partial charge in [-0.2, -0.15) is 6.07 Å². The number of hydrogen-bond acceptors (Lipinski definition) is 1. The molecule has 0 N–H and O–H groups in total. The SMILES string of the molecule is [C-]#[N+]c1cc[c-]c(-c2nccn2-c2c(C)cccc2C)c1.[Ir]. The summed E-state index contributed by atoms with van der Waals surface area (Å²) in [7, 11) is 0. The number of nitrogens with zero attached hydrogens (tertiary/aromatic N) is 3. The van der Waals surface area contributed by atoms with Crippen LogP contribution in [0.5, 0.6) is 0 Å². The first-order chi connectivity index (χ1) is 10.2. The molecule has 0 spiro atoms. The summed E-state index contributed by atoms with van der Waals surface area (Å²) >= 11 is 0. The van der Waals surface area contributed by atoms with E-state index in [0.29, 0.717) is 5.69 Å². The van der Waals surface area contributed by atoms with Crippen molar-refractivity contribution in [3.8, 4) is 17.1 Å². The number of imidazole rings is 1. The zero-order valence-electron chi connectivity index (χ0n) is 12.3. The van der Waals surface area contributed by atoms with E-state index >= 15 is 0 Å². The van der Waals surface area contributed by atoms with Crippen molar-refractivity contribution in [1.82, 2.24) is 9.55 Å². The van der Waals surface area contributed by atoms with Gasteiger partial charge in [0, 0.05) is 38.2 Å². The molecule has 4 heteroatoms. The molecule has 111 valence electrons. The number of benzene rings is 2. The van der Waals surface area contributed by atoms with Gasteiger partial charge in [-0.25, -0.2) is 0 Å². The van der Waals surface area contributed by atoms with Crippen molar-refractivity contribution in [2.24, 2.45) is 0 Å². The first-order valence-electron chi connectivity index (χ1n) is 6.70. The maximum Gasteiger partial charge on any atom is 0.109 e. The number of aryl methyl sites for hydroxylation is 2. The minimum absolute atomic E-state index is 0. The Morgan fingerprint density at radius 2 is 1.91 bits per heavy atom. The maximum atomic E-state index is 7.14. The first kappa shape index (κ1) is 16.2. The van der Waals surface area contributed by atoms with Crippen LogP contribution in [0.25, 0.3) is 21.9 Å². The van der Waals surface area contributed by atoms with Crippen molar-refractivity contribution in [2.45, 2.75) is 13.8 Å². The maximum absolute atomic E-state index is 7.14. The Kier molecular flexibility index (Phi) is 4.92. The smallest absolute Gasteiger partial charge is 0.109 e. The molecule has 2 aromatic carbocycles. The van der Waals surface area contributed by atoms with E-state index in [2.05, 4.69) is 52.5 Å². The summed E-state index contributed by atoms with van der Waals surface area (Å²) in [6, 6.07) is 14.7. The predicted molar refractivity (Wildman–Crippen MR) is 83.6 cm³/mol. The predicted octanol–water partition coefficient (Wildman–Crippen LogP) is 4.50. The molecule has 0 bridgehead atoms. The molecule has 0 atom stereocenters. The van der Waals surface area contributed by atoms with Gasteiger partial charge >= 0.3 is 0 Å². The van der Waals surface area contributed by atoms with Crippen LogP contribution in [0.4, 0.5) is 5.69 Å². The van der Waals surface area contributed by atoms with Gasteiger partial charge in [0.1, 0.15) is 5.69 Å². The Balaban J connectivity index is 0.00000176. The van der Waals surface area contributed by atoms with Crippen LogP contribution in [0.2, 0.25) is 0 Å². The van der Waals surface area contributed by atoms with Gasteiger partial charge in [-0.15, -0.1) is 23.8 Å². The monoisotopic (exact) mass is 465 g/mol. The summed E-state index contributed by atoms with van der Waals surface area (Å²) in [5.74, 6) is 0.804. The summed E-state index contributed by atoms with van der Waals surface area (Å²) in [5.41, 5.74) is 4.94. The number of hydrogen-bond donors (Lipinski definition) is 0. The zero-order valence-corrected chi connectivity index (χ0v) is 14.7. The van der Waals surface area contributed by atoms with E-state index in [1.165, 1.54) is 11.1 Å². The van der Waals surface area contributed by atoms with Crippen LogP contribution in [-0.4, -0.2) is 9.55 Å². The quantitative estimate of drug-likeness (QED) is 0.512. The summed E-state index contributed by atoms with van der Waals surface area (Å²) < 4.78 is 2.06. The van der Waals surface area contributed by atoms with Gasteiger partial charge in [-0.3, -0.25) is 9.83 Å². The number of rotatable bonds is 2. The Morgan fingerprint density at radius 3 is 2.59 bits per heavy atom. The fourth-order valence-corrected chi connectivity index (χ4v) is 2.52. The van der Waals surface area contributed by atoms with E-state index in [1.54, 1.807) is 18.3 Å². The van der Waals surface area contributed by atoms with E-state index in [9.17, 15) is 0 Å². The third-order valence-corrected chi connectivity index (χ3v) is 3.48. The van der Waals surface area contributed by atoms with Gasteiger partial charge in [-0.1, -0.05) is 18.2 Å².